The maximum Gasteiger partial charge on any atom is 0.274 e. The van der Waals surface area contributed by atoms with E-state index in [1.54, 1.807) is 12.3 Å². The van der Waals surface area contributed by atoms with Crippen molar-refractivity contribution in [2.45, 2.75) is 31.7 Å². The molecule has 3 aromatic rings. The summed E-state index contributed by atoms with van der Waals surface area (Å²) in [5, 5.41) is 11.6. The molecule has 2 aromatic heterocycles. The van der Waals surface area contributed by atoms with Gasteiger partial charge >= 0.3 is 0 Å². The molecular weight excluding hydrogens is 473 g/mol. The minimum Gasteiger partial charge on any atom is -0.491 e. The van der Waals surface area contributed by atoms with E-state index in [2.05, 4.69) is 15.3 Å². The third-order valence-electron chi connectivity index (χ3n) is 5.86. The van der Waals surface area contributed by atoms with Crippen molar-refractivity contribution in [1.82, 2.24) is 9.97 Å². The van der Waals surface area contributed by atoms with Crippen LogP contribution in [0.4, 0.5) is 18.9 Å². The van der Waals surface area contributed by atoms with Crippen molar-refractivity contribution in [3.63, 3.8) is 0 Å². The zero-order valence-electron chi connectivity index (χ0n) is 19.5. The number of aliphatic hydroxyl groups excluding tert-OH is 1. The molecule has 188 valence electrons. The molecule has 0 fully saturated rings. The number of nitrogens with one attached hydrogen (secondary N) is 1. The molecule has 0 saturated heterocycles. The minimum absolute atomic E-state index is 0.0646. The van der Waals surface area contributed by atoms with Crippen molar-refractivity contribution in [3.8, 4) is 17.0 Å². The van der Waals surface area contributed by atoms with Crippen molar-refractivity contribution in [3.05, 3.63) is 83.1 Å². The van der Waals surface area contributed by atoms with Gasteiger partial charge in [-0.2, -0.15) is 0 Å². The van der Waals surface area contributed by atoms with E-state index >= 15 is 0 Å². The highest BCUT2D eigenvalue weighted by Crippen LogP contribution is 2.36. The summed E-state index contributed by atoms with van der Waals surface area (Å²) in [6, 6.07) is 5.46. The number of aliphatic hydroxyl groups is 1. The van der Waals surface area contributed by atoms with E-state index < -0.39 is 34.6 Å². The van der Waals surface area contributed by atoms with Gasteiger partial charge in [-0.25, -0.2) is 18.2 Å². The molecular formula is C26H25F3N4O3. The maximum absolute atomic E-state index is 14.7. The molecule has 4 N–H and O–H groups in total. The van der Waals surface area contributed by atoms with E-state index in [-0.39, 0.29) is 36.6 Å². The van der Waals surface area contributed by atoms with Gasteiger partial charge < -0.3 is 20.9 Å². The molecule has 1 aliphatic rings. The Bertz CT molecular complexity index is 1290. The summed E-state index contributed by atoms with van der Waals surface area (Å²) in [7, 11) is 0. The van der Waals surface area contributed by atoms with Gasteiger partial charge in [-0.1, -0.05) is 11.6 Å². The molecule has 36 heavy (non-hydrogen) atoms. The van der Waals surface area contributed by atoms with Crippen LogP contribution in [0.5, 0.6) is 5.75 Å². The quantitative estimate of drug-likeness (QED) is 0.418. The molecule has 0 bridgehead atoms. The standard InChI is InChI=1S/C26H25F3N4O3/c1-14-8-15(10-16(30)9-14)18-4-5-31-13-23(18)33-26(35)22-3-2-19(27)25(32-22)24-20(28)11-17(12-21(24)29)36-7-6-34/h2-5,9,11-13,15-16,34H,6-8,10,30H2,1H3,(H,33,35)/t15-,16+/m1/s1. The highest BCUT2D eigenvalue weighted by atomic mass is 19.1. The summed E-state index contributed by atoms with van der Waals surface area (Å²) in [5.74, 6) is -4.06. The van der Waals surface area contributed by atoms with Crippen LogP contribution in [-0.4, -0.2) is 40.2 Å². The largest absolute Gasteiger partial charge is 0.491 e. The summed E-state index contributed by atoms with van der Waals surface area (Å²) < 4.78 is 49.0. The monoisotopic (exact) mass is 498 g/mol. The fraction of sp³-hybridized carbons (Fsp3) is 0.269. The summed E-state index contributed by atoms with van der Waals surface area (Å²) in [6.07, 6.45) is 6.61. The number of ether oxygens (including phenoxy) is 1. The third kappa shape index (κ3) is 5.55. The summed E-state index contributed by atoms with van der Waals surface area (Å²) >= 11 is 0. The lowest BCUT2D eigenvalue weighted by Crippen LogP contribution is -2.25. The Morgan fingerprint density at radius 3 is 2.64 bits per heavy atom. The van der Waals surface area contributed by atoms with Crippen LogP contribution in [0.15, 0.2) is 54.4 Å². The summed E-state index contributed by atoms with van der Waals surface area (Å²) in [4.78, 5) is 21.0. The van der Waals surface area contributed by atoms with Gasteiger partial charge in [0.05, 0.1) is 24.1 Å². The van der Waals surface area contributed by atoms with Gasteiger partial charge in [0.15, 0.2) is 0 Å². The van der Waals surface area contributed by atoms with E-state index in [4.69, 9.17) is 15.6 Å². The number of allylic oxidation sites excluding steroid dienone is 1. The molecule has 0 unspecified atom stereocenters. The van der Waals surface area contributed by atoms with Crippen LogP contribution in [0.25, 0.3) is 11.3 Å². The molecule has 2 heterocycles. The fourth-order valence-electron chi connectivity index (χ4n) is 4.36. The average molecular weight is 499 g/mol. The van der Waals surface area contributed by atoms with Gasteiger partial charge in [0.1, 0.15) is 41.2 Å². The number of carbonyl (C=O) groups is 1. The SMILES string of the molecule is CC1=C[C@H](N)C[C@H](c2ccncc2NC(=O)c2ccc(F)c(-c3c(F)cc(OCCO)cc3F)n2)C1. The van der Waals surface area contributed by atoms with E-state index in [1.807, 2.05) is 13.0 Å². The molecule has 10 heteroatoms. The van der Waals surface area contributed by atoms with Crippen LogP contribution in [0.1, 0.15) is 41.7 Å². The molecule has 1 amide bonds. The predicted molar refractivity (Wildman–Crippen MR) is 128 cm³/mol. The minimum atomic E-state index is -1.13. The lowest BCUT2D eigenvalue weighted by atomic mass is 9.82. The first-order chi connectivity index (χ1) is 17.3. The highest BCUT2D eigenvalue weighted by Gasteiger charge is 2.25. The number of benzene rings is 1. The Morgan fingerprint density at radius 1 is 1.19 bits per heavy atom. The van der Waals surface area contributed by atoms with Crippen LogP contribution in [0.3, 0.4) is 0 Å². The molecule has 1 aromatic carbocycles. The topological polar surface area (TPSA) is 110 Å². The van der Waals surface area contributed by atoms with E-state index in [0.29, 0.717) is 12.1 Å². The lowest BCUT2D eigenvalue weighted by Gasteiger charge is -2.27. The number of halogens is 3. The van der Waals surface area contributed by atoms with Crippen LogP contribution in [0, 0.1) is 17.5 Å². The summed E-state index contributed by atoms with van der Waals surface area (Å²) in [6.45, 7) is 1.49. The lowest BCUT2D eigenvalue weighted by molar-refractivity contribution is 0.102. The number of amides is 1. The van der Waals surface area contributed by atoms with Gasteiger partial charge in [-0.05, 0) is 49.4 Å². The van der Waals surface area contributed by atoms with Gasteiger partial charge in [0, 0.05) is 24.4 Å². The Morgan fingerprint density at radius 2 is 1.94 bits per heavy atom. The average Bonchev–Trinajstić information content (AvgIpc) is 2.83. The normalized spacial score (nSPS) is 17.4. The zero-order chi connectivity index (χ0) is 25.8. The van der Waals surface area contributed by atoms with Crippen LogP contribution < -0.4 is 15.8 Å². The maximum atomic E-state index is 14.7. The second kappa shape index (κ2) is 10.9. The molecule has 0 spiro atoms. The van der Waals surface area contributed by atoms with Crippen molar-refractivity contribution >= 4 is 11.6 Å². The highest BCUT2D eigenvalue weighted by molar-refractivity contribution is 6.03. The Labute approximate surface area is 205 Å². The van der Waals surface area contributed by atoms with Gasteiger partial charge in [0.25, 0.3) is 5.91 Å². The van der Waals surface area contributed by atoms with Crippen molar-refractivity contribution in [1.29, 1.82) is 0 Å². The van der Waals surface area contributed by atoms with E-state index in [1.165, 1.54) is 6.20 Å². The number of hydrogen-bond donors (Lipinski definition) is 3. The summed E-state index contributed by atoms with van der Waals surface area (Å²) in [5.41, 5.74) is 6.95. The van der Waals surface area contributed by atoms with E-state index in [9.17, 15) is 18.0 Å². The second-order valence-electron chi connectivity index (χ2n) is 8.59. The number of pyridine rings is 2. The number of nitrogens with zero attached hydrogens (tertiary/aromatic N) is 2. The molecule has 0 radical (unpaired) electrons. The molecule has 2 atom stereocenters. The first kappa shape index (κ1) is 25.3. The number of rotatable bonds is 7. The van der Waals surface area contributed by atoms with Crippen LogP contribution in [-0.2, 0) is 0 Å². The van der Waals surface area contributed by atoms with Gasteiger partial charge in [-0.3, -0.25) is 9.78 Å². The predicted octanol–water partition coefficient (Wildman–Crippen LogP) is 4.34. The van der Waals surface area contributed by atoms with Crippen LogP contribution in [0.2, 0.25) is 0 Å². The number of aromatic nitrogens is 2. The van der Waals surface area contributed by atoms with E-state index in [0.717, 1.165) is 41.8 Å². The number of carbonyl (C=O) groups excluding carboxylic acids is 1. The number of nitrogens with two attached hydrogens (primary N) is 1. The van der Waals surface area contributed by atoms with Crippen molar-refractivity contribution in [2.75, 3.05) is 18.5 Å². The molecule has 0 saturated carbocycles. The Hall–Kier alpha value is -3.76. The Kier molecular flexibility index (Phi) is 7.66. The first-order valence-corrected chi connectivity index (χ1v) is 11.3. The fourth-order valence-corrected chi connectivity index (χ4v) is 4.36. The third-order valence-corrected chi connectivity index (χ3v) is 5.86. The smallest absolute Gasteiger partial charge is 0.274 e. The van der Waals surface area contributed by atoms with Crippen LogP contribution >= 0.6 is 0 Å². The first-order valence-electron chi connectivity index (χ1n) is 11.3. The van der Waals surface area contributed by atoms with Crippen molar-refractivity contribution in [2.24, 2.45) is 5.73 Å². The van der Waals surface area contributed by atoms with Gasteiger partial charge in [0.2, 0.25) is 0 Å². The zero-order valence-corrected chi connectivity index (χ0v) is 19.5. The Balaban J connectivity index is 1.62. The number of hydrogen-bond acceptors (Lipinski definition) is 6. The molecule has 0 aliphatic heterocycles. The van der Waals surface area contributed by atoms with Gasteiger partial charge in [-0.15, -0.1) is 0 Å². The molecule has 7 nitrogen and oxygen atoms in total. The molecule has 4 rings (SSSR count). The second-order valence-corrected chi connectivity index (χ2v) is 8.59. The number of anilines is 1. The molecule has 1 aliphatic carbocycles. The van der Waals surface area contributed by atoms with Crippen molar-refractivity contribution < 1.29 is 27.8 Å².